The standard InChI is InChI=1S/C25H27N3O.BrH/c1-2-3-17-27-22-11-7-8-12-23(22)28(25(27)26)18-24(29)21-15-13-20(14-16-21)19-9-5-4-6-10-19;/h4-16,25H,2-3,17-18,26H2,1H3;1H. The summed E-state index contributed by atoms with van der Waals surface area (Å²) in [5.74, 6) is 0.0895. The first-order chi connectivity index (χ1) is 14.2. The number of quaternary nitrogens is 1. The highest BCUT2D eigenvalue weighted by molar-refractivity contribution is 6.00. The van der Waals surface area contributed by atoms with Crippen molar-refractivity contribution in [2.75, 3.05) is 18.0 Å². The monoisotopic (exact) mass is 465 g/mol. The average Bonchev–Trinajstić information content (AvgIpc) is 3.04. The molecular formula is C25H28BrN3O. The molecule has 1 aliphatic heterocycles. The van der Waals surface area contributed by atoms with Crippen molar-refractivity contribution in [3.63, 3.8) is 0 Å². The van der Waals surface area contributed by atoms with Crippen LogP contribution in [0, 0.1) is 0 Å². The lowest BCUT2D eigenvalue weighted by Crippen LogP contribution is -3.13. The van der Waals surface area contributed by atoms with Crippen molar-refractivity contribution in [3.8, 4) is 11.1 Å². The maximum absolute atomic E-state index is 13.0. The topological polar surface area (TPSA) is 50.8 Å². The molecule has 3 aromatic rings. The molecule has 0 saturated heterocycles. The molecule has 0 saturated carbocycles. The third-order valence-corrected chi connectivity index (χ3v) is 5.68. The molecule has 3 aromatic carbocycles. The molecule has 3 N–H and O–H groups in total. The van der Waals surface area contributed by atoms with Gasteiger partial charge in [0.2, 0.25) is 6.29 Å². The van der Waals surface area contributed by atoms with Crippen LogP contribution in [0.1, 0.15) is 30.1 Å². The van der Waals surface area contributed by atoms with Crippen LogP contribution >= 0.6 is 0 Å². The molecule has 1 aliphatic rings. The van der Waals surface area contributed by atoms with E-state index in [4.69, 9.17) is 5.73 Å². The fraction of sp³-hybridized carbons (Fsp3) is 0.240. The van der Waals surface area contributed by atoms with Gasteiger partial charge in [-0.1, -0.05) is 80.1 Å². The maximum atomic E-state index is 13.0. The molecule has 0 amide bonds. The zero-order chi connectivity index (χ0) is 20.2. The van der Waals surface area contributed by atoms with Gasteiger partial charge in [-0.3, -0.25) is 20.3 Å². The minimum absolute atomic E-state index is 0. The highest BCUT2D eigenvalue weighted by atomic mass is 79.9. The number of hydrogen-bond donors (Lipinski definition) is 2. The molecule has 156 valence electrons. The van der Waals surface area contributed by atoms with Gasteiger partial charge < -0.3 is 17.0 Å². The predicted octanol–water partition coefficient (Wildman–Crippen LogP) is 0.619. The van der Waals surface area contributed by atoms with E-state index in [1.807, 2.05) is 59.5 Å². The molecule has 30 heavy (non-hydrogen) atoms. The number of nitrogens with two attached hydrogens (primary N) is 1. The number of anilines is 1. The fourth-order valence-electron chi connectivity index (χ4n) is 4.05. The molecule has 4 rings (SSSR count). The lowest BCUT2D eigenvalue weighted by Gasteiger charge is -2.24. The van der Waals surface area contributed by atoms with E-state index in [1.165, 1.54) is 10.6 Å². The quantitative estimate of drug-likeness (QED) is 0.503. The summed E-state index contributed by atoms with van der Waals surface area (Å²) in [4.78, 5) is 16.3. The van der Waals surface area contributed by atoms with Crippen LogP contribution in [0.4, 0.5) is 11.4 Å². The van der Waals surface area contributed by atoms with Crippen LogP contribution in [0.15, 0.2) is 78.9 Å². The van der Waals surface area contributed by atoms with Crippen molar-refractivity contribution in [2.24, 2.45) is 5.73 Å². The Bertz CT molecular complexity index is 975. The molecular weight excluding hydrogens is 438 g/mol. The second-order valence-electron chi connectivity index (χ2n) is 7.59. The normalized spacial score (nSPS) is 17.3. The van der Waals surface area contributed by atoms with E-state index < -0.39 is 0 Å². The number of halogens is 1. The summed E-state index contributed by atoms with van der Waals surface area (Å²) in [6.45, 7) is 3.46. The molecule has 2 atom stereocenters. The highest BCUT2D eigenvalue weighted by Crippen LogP contribution is 2.28. The van der Waals surface area contributed by atoms with Gasteiger partial charge >= 0.3 is 0 Å². The number of hydrogen-bond acceptors (Lipinski definition) is 3. The molecule has 0 radical (unpaired) electrons. The number of Topliss-reactive ketones (excluding diaryl/α,β-unsaturated/α-hetero) is 1. The number of unbranched alkanes of at least 4 members (excludes halogenated alkanes) is 1. The van der Waals surface area contributed by atoms with Crippen LogP contribution < -0.4 is 32.5 Å². The van der Waals surface area contributed by atoms with E-state index in [-0.39, 0.29) is 29.1 Å². The van der Waals surface area contributed by atoms with Gasteiger partial charge in [-0.2, -0.15) is 0 Å². The zero-order valence-electron chi connectivity index (χ0n) is 17.2. The number of rotatable bonds is 7. The van der Waals surface area contributed by atoms with E-state index in [0.29, 0.717) is 6.54 Å². The largest absolute Gasteiger partial charge is 1.00 e. The minimum atomic E-state index is -0.230. The third-order valence-electron chi connectivity index (χ3n) is 5.68. The van der Waals surface area contributed by atoms with Gasteiger partial charge in [0.15, 0.2) is 11.5 Å². The second kappa shape index (κ2) is 10.0. The Morgan fingerprint density at radius 1 is 0.933 bits per heavy atom. The highest BCUT2D eigenvalue weighted by Gasteiger charge is 2.38. The third kappa shape index (κ3) is 4.48. The lowest BCUT2D eigenvalue weighted by atomic mass is 10.0. The first-order valence-electron chi connectivity index (χ1n) is 10.3. The first-order valence-corrected chi connectivity index (χ1v) is 10.3. The van der Waals surface area contributed by atoms with Gasteiger partial charge in [-0.05, 0) is 23.6 Å². The van der Waals surface area contributed by atoms with Crippen molar-refractivity contribution < 1.29 is 26.7 Å². The molecule has 0 spiro atoms. The summed E-state index contributed by atoms with van der Waals surface area (Å²) in [6, 6.07) is 26.3. The number of carbonyl (C=O) groups is 1. The summed E-state index contributed by atoms with van der Waals surface area (Å²) < 4.78 is 0. The Kier molecular flexibility index (Phi) is 7.43. The Morgan fingerprint density at radius 3 is 2.27 bits per heavy atom. The van der Waals surface area contributed by atoms with Crippen LogP contribution in [0.2, 0.25) is 0 Å². The molecule has 4 nitrogen and oxygen atoms in total. The number of para-hydroxylation sites is 2. The van der Waals surface area contributed by atoms with Gasteiger partial charge in [0.1, 0.15) is 5.69 Å². The van der Waals surface area contributed by atoms with Crippen LogP contribution in [0.3, 0.4) is 0 Å². The second-order valence-corrected chi connectivity index (χ2v) is 7.59. The Morgan fingerprint density at radius 2 is 1.57 bits per heavy atom. The molecule has 0 aromatic heterocycles. The molecule has 0 aliphatic carbocycles. The van der Waals surface area contributed by atoms with Crippen molar-refractivity contribution in [1.29, 1.82) is 0 Å². The Balaban J connectivity index is 0.00000256. The van der Waals surface area contributed by atoms with E-state index in [9.17, 15) is 4.79 Å². The van der Waals surface area contributed by atoms with Crippen LogP contribution in [-0.2, 0) is 0 Å². The average molecular weight is 466 g/mol. The van der Waals surface area contributed by atoms with Crippen LogP contribution in [0.5, 0.6) is 0 Å². The van der Waals surface area contributed by atoms with E-state index >= 15 is 0 Å². The van der Waals surface area contributed by atoms with E-state index in [1.54, 1.807) is 0 Å². The fourth-order valence-corrected chi connectivity index (χ4v) is 4.05. The summed E-state index contributed by atoms with van der Waals surface area (Å²) in [5, 5.41) is 0. The molecule has 5 heteroatoms. The number of benzene rings is 3. The van der Waals surface area contributed by atoms with Crippen LogP contribution in [-0.4, -0.2) is 25.2 Å². The van der Waals surface area contributed by atoms with E-state index in [2.05, 4.69) is 31.2 Å². The molecule has 0 bridgehead atoms. The molecule has 1 heterocycles. The van der Waals surface area contributed by atoms with Crippen LogP contribution in [0.25, 0.3) is 11.1 Å². The van der Waals surface area contributed by atoms with Gasteiger partial charge in [-0.25, -0.2) is 0 Å². The summed E-state index contributed by atoms with van der Waals surface area (Å²) >= 11 is 0. The van der Waals surface area contributed by atoms with Gasteiger partial charge in [-0.15, -0.1) is 0 Å². The van der Waals surface area contributed by atoms with Crippen molar-refractivity contribution in [2.45, 2.75) is 26.1 Å². The SMILES string of the molecule is CCCC[NH+]1c2ccccc2N(CC(=O)c2ccc(-c3ccccc3)cc2)C1N.[Br-]. The Labute approximate surface area is 189 Å². The summed E-state index contributed by atoms with van der Waals surface area (Å²) in [7, 11) is 0. The summed E-state index contributed by atoms with van der Waals surface area (Å²) in [5.41, 5.74) is 11.8. The van der Waals surface area contributed by atoms with Gasteiger partial charge in [0.25, 0.3) is 0 Å². The predicted molar refractivity (Wildman–Crippen MR) is 118 cm³/mol. The van der Waals surface area contributed by atoms with Crippen molar-refractivity contribution in [3.05, 3.63) is 84.4 Å². The first kappa shape index (κ1) is 22.2. The molecule has 2 unspecified atom stereocenters. The van der Waals surface area contributed by atoms with Gasteiger partial charge in [0, 0.05) is 11.6 Å². The number of ketones is 1. The zero-order valence-corrected chi connectivity index (χ0v) is 18.8. The van der Waals surface area contributed by atoms with E-state index in [0.717, 1.165) is 41.8 Å². The number of fused-ring (bicyclic) bond motifs is 1. The number of carbonyl (C=O) groups excluding carboxylic acids is 1. The number of nitrogens with zero attached hydrogens (tertiary/aromatic N) is 1. The maximum Gasteiger partial charge on any atom is 0.224 e. The summed E-state index contributed by atoms with van der Waals surface area (Å²) in [6.07, 6.45) is 2.01. The lowest BCUT2D eigenvalue weighted by molar-refractivity contribution is -0.853. The van der Waals surface area contributed by atoms with Crippen molar-refractivity contribution >= 4 is 17.2 Å². The smallest absolute Gasteiger partial charge is 0.224 e. The number of nitrogens with one attached hydrogen (secondary N) is 1. The minimum Gasteiger partial charge on any atom is -1.00 e. The Hall–Kier alpha value is -2.47. The van der Waals surface area contributed by atoms with Gasteiger partial charge in [0.05, 0.1) is 13.1 Å². The van der Waals surface area contributed by atoms with Crippen molar-refractivity contribution in [1.82, 2.24) is 0 Å². The molecule has 0 fully saturated rings.